The largest absolute Gasteiger partial charge is 0.493 e. The van der Waals surface area contributed by atoms with E-state index in [1.165, 1.54) is 24.3 Å². The summed E-state index contributed by atoms with van der Waals surface area (Å²) < 4.78 is 27.8. The Bertz CT molecular complexity index is 594. The van der Waals surface area contributed by atoms with Gasteiger partial charge in [-0.2, -0.15) is 0 Å². The van der Waals surface area contributed by atoms with Crippen LogP contribution in [0.15, 0.2) is 29.2 Å². The van der Waals surface area contributed by atoms with Gasteiger partial charge in [0.05, 0.1) is 24.3 Å². The Morgan fingerprint density at radius 3 is 2.33 bits per heavy atom. The summed E-state index contributed by atoms with van der Waals surface area (Å²) in [5, 5.41) is 10.9. The fourth-order valence-electron chi connectivity index (χ4n) is 1.44. The van der Waals surface area contributed by atoms with Gasteiger partial charge in [-0.05, 0) is 24.3 Å². The molecule has 0 saturated heterocycles. The minimum atomic E-state index is -3.24. The van der Waals surface area contributed by atoms with Crippen LogP contribution in [0.3, 0.4) is 0 Å². The van der Waals surface area contributed by atoms with Crippen LogP contribution in [0.2, 0.25) is 0 Å². The summed E-state index contributed by atoms with van der Waals surface area (Å²) in [7, 11) is -3.24. The Morgan fingerprint density at radius 1 is 1.19 bits per heavy atom. The molecule has 1 aromatic rings. The van der Waals surface area contributed by atoms with Crippen molar-refractivity contribution < 1.29 is 27.9 Å². The molecule has 0 radical (unpaired) electrons. The van der Waals surface area contributed by atoms with Crippen molar-refractivity contribution in [1.29, 1.82) is 0 Å². The first kappa shape index (κ1) is 17.0. The number of carboxylic acid groups (broad SMARTS) is 1. The molecule has 1 rings (SSSR count). The van der Waals surface area contributed by atoms with Gasteiger partial charge in [-0.25, -0.2) is 8.42 Å². The standard InChI is InChI=1S/C13H17NO6S/c1-21(18,19)11-4-2-10(3-5-11)20-9-7-12(15)14-8-6-13(16)17/h2-5H,6-9H2,1H3,(H,14,15)(H,16,17). The molecule has 0 aliphatic carbocycles. The lowest BCUT2D eigenvalue weighted by molar-refractivity contribution is -0.136. The smallest absolute Gasteiger partial charge is 0.305 e. The highest BCUT2D eigenvalue weighted by atomic mass is 32.2. The molecule has 0 spiro atoms. The first-order valence-electron chi connectivity index (χ1n) is 6.20. The monoisotopic (exact) mass is 315 g/mol. The third kappa shape index (κ3) is 6.75. The number of nitrogens with one attached hydrogen (secondary N) is 1. The van der Waals surface area contributed by atoms with Crippen molar-refractivity contribution in [3.8, 4) is 5.75 Å². The van der Waals surface area contributed by atoms with Crippen LogP contribution in [0.5, 0.6) is 5.75 Å². The Morgan fingerprint density at radius 2 is 1.81 bits per heavy atom. The highest BCUT2D eigenvalue weighted by Crippen LogP contribution is 2.15. The van der Waals surface area contributed by atoms with Crippen LogP contribution >= 0.6 is 0 Å². The Hall–Kier alpha value is -2.09. The van der Waals surface area contributed by atoms with Crippen molar-refractivity contribution in [3.05, 3.63) is 24.3 Å². The highest BCUT2D eigenvalue weighted by Gasteiger charge is 2.07. The number of hydrogen-bond acceptors (Lipinski definition) is 5. The number of benzene rings is 1. The number of carboxylic acids is 1. The quantitative estimate of drug-likeness (QED) is 0.721. The molecule has 0 aliphatic rings. The molecule has 0 aliphatic heterocycles. The molecule has 2 N–H and O–H groups in total. The van der Waals surface area contributed by atoms with E-state index in [2.05, 4.69) is 5.32 Å². The second kappa shape index (κ2) is 7.63. The molecule has 1 aromatic carbocycles. The van der Waals surface area contributed by atoms with E-state index < -0.39 is 15.8 Å². The molecule has 7 nitrogen and oxygen atoms in total. The predicted octanol–water partition coefficient (Wildman–Crippen LogP) is 0.450. The van der Waals surface area contributed by atoms with Gasteiger partial charge in [0.25, 0.3) is 0 Å². The van der Waals surface area contributed by atoms with Crippen LogP contribution < -0.4 is 10.1 Å². The number of rotatable bonds is 8. The van der Waals surface area contributed by atoms with Gasteiger partial charge in [-0.1, -0.05) is 0 Å². The molecule has 0 bridgehead atoms. The van der Waals surface area contributed by atoms with E-state index in [4.69, 9.17) is 9.84 Å². The van der Waals surface area contributed by atoms with Gasteiger partial charge >= 0.3 is 5.97 Å². The molecule has 0 unspecified atom stereocenters. The summed E-state index contributed by atoms with van der Waals surface area (Å²) in [5.74, 6) is -0.817. The Balaban J connectivity index is 2.32. The van der Waals surface area contributed by atoms with Gasteiger partial charge in [0.15, 0.2) is 9.84 Å². The second-order valence-corrected chi connectivity index (χ2v) is 6.35. The zero-order chi connectivity index (χ0) is 15.9. The number of carbonyl (C=O) groups excluding carboxylic acids is 1. The summed E-state index contributed by atoms with van der Waals surface area (Å²) in [6.45, 7) is 0.203. The van der Waals surface area contributed by atoms with Crippen molar-refractivity contribution in [3.63, 3.8) is 0 Å². The maximum atomic E-state index is 11.3. The third-order valence-electron chi connectivity index (χ3n) is 2.51. The van der Waals surface area contributed by atoms with E-state index in [1.54, 1.807) is 0 Å². The van der Waals surface area contributed by atoms with E-state index in [0.717, 1.165) is 6.26 Å². The molecule has 0 saturated carbocycles. The SMILES string of the molecule is CS(=O)(=O)c1ccc(OCCC(=O)NCCC(=O)O)cc1. The summed E-state index contributed by atoms with van der Waals surface area (Å²) in [6.07, 6.45) is 1.08. The summed E-state index contributed by atoms with van der Waals surface area (Å²) in [6, 6.07) is 5.88. The zero-order valence-electron chi connectivity index (χ0n) is 11.5. The van der Waals surface area contributed by atoms with Gasteiger partial charge in [0.1, 0.15) is 5.75 Å². The number of aliphatic carboxylic acids is 1. The zero-order valence-corrected chi connectivity index (χ0v) is 12.4. The topological polar surface area (TPSA) is 110 Å². The molecule has 0 fully saturated rings. The first-order valence-corrected chi connectivity index (χ1v) is 8.09. The van der Waals surface area contributed by atoms with Crippen LogP contribution in [-0.4, -0.2) is 44.8 Å². The molecule has 1 amide bonds. The van der Waals surface area contributed by atoms with Crippen LogP contribution in [0.25, 0.3) is 0 Å². The lowest BCUT2D eigenvalue weighted by atomic mass is 10.3. The molecule has 0 atom stereocenters. The van der Waals surface area contributed by atoms with E-state index in [0.29, 0.717) is 5.75 Å². The lowest BCUT2D eigenvalue weighted by Gasteiger charge is -2.07. The van der Waals surface area contributed by atoms with Crippen molar-refractivity contribution in [2.75, 3.05) is 19.4 Å². The summed E-state index contributed by atoms with van der Waals surface area (Å²) in [4.78, 5) is 21.8. The van der Waals surface area contributed by atoms with Crippen LogP contribution in [0.1, 0.15) is 12.8 Å². The second-order valence-electron chi connectivity index (χ2n) is 4.34. The fraction of sp³-hybridized carbons (Fsp3) is 0.385. The predicted molar refractivity (Wildman–Crippen MR) is 74.9 cm³/mol. The summed E-state index contributed by atoms with van der Waals surface area (Å²) in [5.41, 5.74) is 0. The van der Waals surface area contributed by atoms with Crippen molar-refractivity contribution in [2.45, 2.75) is 17.7 Å². The molecule has 116 valence electrons. The van der Waals surface area contributed by atoms with E-state index in [9.17, 15) is 18.0 Å². The van der Waals surface area contributed by atoms with E-state index in [-0.39, 0.29) is 36.8 Å². The average molecular weight is 315 g/mol. The average Bonchev–Trinajstić information content (AvgIpc) is 2.38. The highest BCUT2D eigenvalue weighted by molar-refractivity contribution is 7.90. The molecule has 0 heterocycles. The van der Waals surface area contributed by atoms with E-state index in [1.807, 2.05) is 0 Å². The first-order chi connectivity index (χ1) is 9.79. The fourth-order valence-corrected chi connectivity index (χ4v) is 2.07. The number of amides is 1. The van der Waals surface area contributed by atoms with Gasteiger partial charge in [-0.3, -0.25) is 9.59 Å². The molecular weight excluding hydrogens is 298 g/mol. The van der Waals surface area contributed by atoms with Crippen LogP contribution in [-0.2, 0) is 19.4 Å². The number of ether oxygens (including phenoxy) is 1. The number of sulfone groups is 1. The molecule has 21 heavy (non-hydrogen) atoms. The van der Waals surface area contributed by atoms with Crippen molar-refractivity contribution in [2.24, 2.45) is 0 Å². The van der Waals surface area contributed by atoms with E-state index >= 15 is 0 Å². The van der Waals surface area contributed by atoms with Crippen LogP contribution in [0, 0.1) is 0 Å². The maximum absolute atomic E-state index is 11.3. The molecular formula is C13H17NO6S. The summed E-state index contributed by atoms with van der Waals surface area (Å²) >= 11 is 0. The number of hydrogen-bond donors (Lipinski definition) is 2. The Kier molecular flexibility index (Phi) is 6.16. The van der Waals surface area contributed by atoms with Crippen molar-refractivity contribution >= 4 is 21.7 Å². The lowest BCUT2D eigenvalue weighted by Crippen LogP contribution is -2.27. The van der Waals surface area contributed by atoms with Crippen molar-refractivity contribution in [1.82, 2.24) is 5.32 Å². The van der Waals surface area contributed by atoms with Gasteiger partial charge in [0.2, 0.25) is 5.91 Å². The molecule has 8 heteroatoms. The normalized spacial score (nSPS) is 10.9. The minimum absolute atomic E-state index is 0.0806. The minimum Gasteiger partial charge on any atom is -0.493 e. The van der Waals surface area contributed by atoms with Gasteiger partial charge in [-0.15, -0.1) is 0 Å². The Labute approximate surface area is 122 Å². The third-order valence-corrected chi connectivity index (χ3v) is 3.64. The maximum Gasteiger partial charge on any atom is 0.305 e. The van der Waals surface area contributed by atoms with Crippen LogP contribution in [0.4, 0.5) is 0 Å². The van der Waals surface area contributed by atoms with Gasteiger partial charge < -0.3 is 15.2 Å². The van der Waals surface area contributed by atoms with Gasteiger partial charge in [0, 0.05) is 12.8 Å². The number of carbonyl (C=O) groups is 2. The molecule has 0 aromatic heterocycles.